The number of aromatic nitrogens is 2. The van der Waals surface area contributed by atoms with E-state index in [2.05, 4.69) is 5.10 Å². The molecule has 2 rings (SSSR count). The summed E-state index contributed by atoms with van der Waals surface area (Å²) in [6, 6.07) is 1.74. The lowest BCUT2D eigenvalue weighted by Gasteiger charge is -2.32. The Balaban J connectivity index is 2.13. The molecule has 1 aromatic rings. The molecule has 0 aliphatic heterocycles. The van der Waals surface area contributed by atoms with Gasteiger partial charge in [0.1, 0.15) is 5.69 Å². The van der Waals surface area contributed by atoms with E-state index >= 15 is 0 Å². The molecule has 2 unspecified atom stereocenters. The highest BCUT2D eigenvalue weighted by molar-refractivity contribution is 5.91. The average molecular weight is 209 g/mol. The summed E-state index contributed by atoms with van der Waals surface area (Å²) in [6.45, 7) is 0. The van der Waals surface area contributed by atoms with E-state index in [1.807, 2.05) is 0 Å². The van der Waals surface area contributed by atoms with Crippen LogP contribution >= 0.6 is 0 Å². The zero-order valence-corrected chi connectivity index (χ0v) is 8.92. The Morgan fingerprint density at radius 1 is 1.60 bits per heavy atom. The minimum Gasteiger partial charge on any atom is -0.391 e. The number of hydrogen-bond acceptors (Lipinski definition) is 3. The van der Waals surface area contributed by atoms with Crippen LogP contribution in [0.2, 0.25) is 0 Å². The van der Waals surface area contributed by atoms with E-state index in [1.54, 1.807) is 31.0 Å². The number of aliphatic hydroxyl groups is 1. The van der Waals surface area contributed by atoms with Gasteiger partial charge in [-0.2, -0.15) is 5.10 Å². The predicted molar refractivity (Wildman–Crippen MR) is 54.5 cm³/mol. The van der Waals surface area contributed by atoms with Gasteiger partial charge >= 0.3 is 0 Å². The fourth-order valence-corrected chi connectivity index (χ4v) is 1.64. The van der Waals surface area contributed by atoms with Crippen LogP contribution in [0.25, 0.3) is 0 Å². The molecule has 5 heteroatoms. The SMILES string of the molecule is CN(C)C(=O)c1ccn(C2CCC2O)n1. The molecule has 1 N–H and O–H groups in total. The van der Waals surface area contributed by atoms with Crippen molar-refractivity contribution in [1.29, 1.82) is 0 Å². The van der Waals surface area contributed by atoms with Crippen LogP contribution < -0.4 is 0 Å². The minimum atomic E-state index is -0.313. The van der Waals surface area contributed by atoms with Crippen LogP contribution in [0.1, 0.15) is 29.4 Å². The molecule has 1 fully saturated rings. The van der Waals surface area contributed by atoms with Crippen molar-refractivity contribution in [2.75, 3.05) is 14.1 Å². The van der Waals surface area contributed by atoms with E-state index < -0.39 is 0 Å². The van der Waals surface area contributed by atoms with Crippen molar-refractivity contribution in [3.63, 3.8) is 0 Å². The van der Waals surface area contributed by atoms with Crippen LogP contribution in [0.4, 0.5) is 0 Å². The van der Waals surface area contributed by atoms with Gasteiger partial charge in [-0.15, -0.1) is 0 Å². The number of nitrogens with zero attached hydrogens (tertiary/aromatic N) is 3. The lowest BCUT2D eigenvalue weighted by Crippen LogP contribution is -2.34. The van der Waals surface area contributed by atoms with Gasteiger partial charge in [0.05, 0.1) is 12.1 Å². The fourth-order valence-electron chi connectivity index (χ4n) is 1.64. The third kappa shape index (κ3) is 1.74. The second kappa shape index (κ2) is 3.66. The monoisotopic (exact) mass is 209 g/mol. The molecular weight excluding hydrogens is 194 g/mol. The molecule has 1 aliphatic rings. The maximum Gasteiger partial charge on any atom is 0.273 e. The quantitative estimate of drug-likeness (QED) is 0.761. The second-order valence-corrected chi connectivity index (χ2v) is 4.09. The number of rotatable bonds is 2. The Hall–Kier alpha value is -1.36. The molecule has 1 saturated carbocycles. The third-order valence-corrected chi connectivity index (χ3v) is 2.78. The number of carbonyl (C=O) groups is 1. The molecule has 5 nitrogen and oxygen atoms in total. The van der Waals surface area contributed by atoms with E-state index in [0.717, 1.165) is 12.8 Å². The van der Waals surface area contributed by atoms with Gasteiger partial charge in [-0.25, -0.2) is 0 Å². The van der Waals surface area contributed by atoms with Crippen LogP contribution in [-0.4, -0.2) is 45.9 Å². The summed E-state index contributed by atoms with van der Waals surface area (Å²) in [5, 5.41) is 13.6. The van der Waals surface area contributed by atoms with Gasteiger partial charge in [0.25, 0.3) is 5.91 Å². The van der Waals surface area contributed by atoms with Crippen molar-refractivity contribution in [3.05, 3.63) is 18.0 Å². The maximum absolute atomic E-state index is 11.6. The highest BCUT2D eigenvalue weighted by Gasteiger charge is 2.31. The van der Waals surface area contributed by atoms with E-state index in [0.29, 0.717) is 5.69 Å². The molecule has 0 spiro atoms. The fraction of sp³-hybridized carbons (Fsp3) is 0.600. The van der Waals surface area contributed by atoms with Gasteiger partial charge in [0.15, 0.2) is 0 Å². The summed E-state index contributed by atoms with van der Waals surface area (Å²) >= 11 is 0. The van der Waals surface area contributed by atoms with Gasteiger partial charge in [-0.05, 0) is 18.9 Å². The van der Waals surface area contributed by atoms with Gasteiger partial charge in [-0.3, -0.25) is 9.48 Å². The lowest BCUT2D eigenvalue weighted by molar-refractivity contribution is 0.0250. The first-order chi connectivity index (χ1) is 7.09. The molecule has 1 aromatic heterocycles. The molecule has 1 heterocycles. The van der Waals surface area contributed by atoms with Crippen LogP contribution in [0.15, 0.2) is 12.3 Å². The topological polar surface area (TPSA) is 58.4 Å². The zero-order chi connectivity index (χ0) is 11.0. The number of aliphatic hydroxyl groups excluding tert-OH is 1. The van der Waals surface area contributed by atoms with Gasteiger partial charge in [-0.1, -0.05) is 0 Å². The normalized spacial score (nSPS) is 24.7. The summed E-state index contributed by atoms with van der Waals surface area (Å²) in [7, 11) is 3.39. The molecule has 2 atom stereocenters. The van der Waals surface area contributed by atoms with E-state index in [9.17, 15) is 9.90 Å². The molecular formula is C10H15N3O2. The zero-order valence-electron chi connectivity index (χ0n) is 8.92. The molecule has 0 bridgehead atoms. The predicted octanol–water partition coefficient (Wildman–Crippen LogP) is 0.281. The maximum atomic E-state index is 11.6. The Kier molecular flexibility index (Phi) is 2.48. The summed E-state index contributed by atoms with van der Waals surface area (Å²) < 4.78 is 1.69. The smallest absolute Gasteiger partial charge is 0.273 e. The number of carbonyl (C=O) groups excluding carboxylic acids is 1. The largest absolute Gasteiger partial charge is 0.391 e. The Morgan fingerprint density at radius 3 is 2.80 bits per heavy atom. The average Bonchev–Trinajstić information content (AvgIpc) is 2.63. The second-order valence-electron chi connectivity index (χ2n) is 4.09. The van der Waals surface area contributed by atoms with E-state index in [4.69, 9.17) is 0 Å². The van der Waals surface area contributed by atoms with Crippen LogP contribution in [0.5, 0.6) is 0 Å². The summed E-state index contributed by atoms with van der Waals surface area (Å²) in [4.78, 5) is 13.0. The van der Waals surface area contributed by atoms with Crippen molar-refractivity contribution in [1.82, 2.24) is 14.7 Å². The number of hydrogen-bond donors (Lipinski definition) is 1. The van der Waals surface area contributed by atoms with Crippen molar-refractivity contribution in [2.24, 2.45) is 0 Å². The van der Waals surface area contributed by atoms with Crippen molar-refractivity contribution < 1.29 is 9.90 Å². The molecule has 0 aromatic carbocycles. The van der Waals surface area contributed by atoms with Crippen molar-refractivity contribution in [3.8, 4) is 0 Å². The molecule has 15 heavy (non-hydrogen) atoms. The third-order valence-electron chi connectivity index (χ3n) is 2.78. The summed E-state index contributed by atoms with van der Waals surface area (Å²) in [5.74, 6) is -0.109. The summed E-state index contributed by atoms with van der Waals surface area (Å²) in [5.41, 5.74) is 0.430. The van der Waals surface area contributed by atoms with Crippen molar-refractivity contribution >= 4 is 5.91 Å². The highest BCUT2D eigenvalue weighted by atomic mass is 16.3. The van der Waals surface area contributed by atoms with E-state index in [-0.39, 0.29) is 18.1 Å². The van der Waals surface area contributed by atoms with Gasteiger partial charge in [0.2, 0.25) is 0 Å². The standard InChI is InChI=1S/C10H15N3O2/c1-12(2)10(15)7-5-6-13(11-7)8-3-4-9(8)14/h5-6,8-9,14H,3-4H2,1-2H3. The molecule has 0 radical (unpaired) electrons. The lowest BCUT2D eigenvalue weighted by atomic mass is 9.89. The Bertz CT molecular complexity index is 372. The minimum absolute atomic E-state index is 0.0497. The Morgan fingerprint density at radius 2 is 2.33 bits per heavy atom. The molecule has 1 aliphatic carbocycles. The highest BCUT2D eigenvalue weighted by Crippen LogP contribution is 2.31. The number of amides is 1. The van der Waals surface area contributed by atoms with Crippen molar-refractivity contribution in [2.45, 2.75) is 25.0 Å². The molecule has 1 amide bonds. The summed E-state index contributed by atoms with van der Waals surface area (Å²) in [6.07, 6.45) is 3.19. The van der Waals surface area contributed by atoms with E-state index in [1.165, 1.54) is 4.90 Å². The molecule has 82 valence electrons. The Labute approximate surface area is 88.3 Å². The van der Waals surface area contributed by atoms with Crippen LogP contribution in [0, 0.1) is 0 Å². The molecule has 0 saturated heterocycles. The first-order valence-corrected chi connectivity index (χ1v) is 5.04. The van der Waals surface area contributed by atoms with Gasteiger partial charge < -0.3 is 10.0 Å². The van der Waals surface area contributed by atoms with Crippen LogP contribution in [-0.2, 0) is 0 Å². The van der Waals surface area contributed by atoms with Crippen LogP contribution in [0.3, 0.4) is 0 Å². The first kappa shape index (κ1) is 10.2. The first-order valence-electron chi connectivity index (χ1n) is 5.04. The van der Waals surface area contributed by atoms with Gasteiger partial charge in [0, 0.05) is 20.3 Å².